The normalized spacial score (nSPS) is 13.1. The van der Waals surface area contributed by atoms with Crippen LogP contribution in [0.4, 0.5) is 0 Å². The number of halogens is 3. The summed E-state index contributed by atoms with van der Waals surface area (Å²) >= 11 is 16.9. The second kappa shape index (κ2) is 11.0. The van der Waals surface area contributed by atoms with Crippen molar-refractivity contribution in [2.75, 3.05) is 6.61 Å². The fourth-order valence-electron chi connectivity index (χ4n) is 3.50. The third-order valence-electron chi connectivity index (χ3n) is 4.89. The van der Waals surface area contributed by atoms with E-state index in [4.69, 9.17) is 49.7 Å². The Hall–Kier alpha value is -2.30. The summed E-state index contributed by atoms with van der Waals surface area (Å²) in [5, 5.41) is 7.62. The largest absolute Gasteiger partial charge is 0.474 e. The summed E-state index contributed by atoms with van der Waals surface area (Å²) in [7, 11) is 0. The van der Waals surface area contributed by atoms with Crippen molar-refractivity contribution < 1.29 is 9.47 Å². The van der Waals surface area contributed by atoms with Crippen LogP contribution in [0.3, 0.4) is 0 Å². The number of benzene rings is 3. The lowest BCUT2D eigenvalue weighted by Gasteiger charge is -2.37. The lowest BCUT2D eigenvalue weighted by atomic mass is 9.80. The number of nitrogens with one attached hydrogen (secondary N) is 1. The van der Waals surface area contributed by atoms with Gasteiger partial charge in [-0.25, -0.2) is 0 Å². The van der Waals surface area contributed by atoms with Gasteiger partial charge in [0.05, 0.1) is 6.10 Å². The molecule has 0 aliphatic carbocycles. The molecule has 0 saturated heterocycles. The van der Waals surface area contributed by atoms with Gasteiger partial charge in [0.25, 0.3) is 3.79 Å². The molecule has 0 heterocycles. The quantitative estimate of drug-likeness (QED) is 0.119. The lowest BCUT2D eigenvalue weighted by Crippen LogP contribution is -2.35. The summed E-state index contributed by atoms with van der Waals surface area (Å²) in [5.41, 5.74) is 2.24. The highest BCUT2D eigenvalue weighted by atomic mass is 35.6. The van der Waals surface area contributed by atoms with Crippen molar-refractivity contribution in [2.24, 2.45) is 0 Å². The number of hydrogen-bond donors (Lipinski definition) is 1. The molecule has 0 aliphatic rings. The summed E-state index contributed by atoms with van der Waals surface area (Å²) < 4.78 is 10.1. The molecule has 0 bridgehead atoms. The molecule has 0 aliphatic heterocycles. The van der Waals surface area contributed by atoms with Crippen molar-refractivity contribution in [3.63, 3.8) is 0 Å². The predicted molar refractivity (Wildman–Crippen MR) is 133 cm³/mol. The van der Waals surface area contributed by atoms with Crippen molar-refractivity contribution in [1.29, 1.82) is 5.41 Å². The van der Waals surface area contributed by atoms with Crippen molar-refractivity contribution in [3.05, 3.63) is 120 Å². The number of ether oxygens (including phenoxy) is 2. The highest BCUT2D eigenvalue weighted by molar-refractivity contribution is 6.76. The topological polar surface area (TPSA) is 42.3 Å². The third kappa shape index (κ3) is 5.93. The molecule has 3 nitrogen and oxygen atoms in total. The Balaban J connectivity index is 1.95. The van der Waals surface area contributed by atoms with Crippen molar-refractivity contribution in [1.82, 2.24) is 0 Å². The molecule has 3 aromatic rings. The van der Waals surface area contributed by atoms with Crippen LogP contribution in [0.5, 0.6) is 0 Å². The van der Waals surface area contributed by atoms with Crippen LogP contribution in [0, 0.1) is 5.41 Å². The minimum atomic E-state index is -1.88. The van der Waals surface area contributed by atoms with Gasteiger partial charge in [-0.2, -0.15) is 0 Å². The van der Waals surface area contributed by atoms with Crippen LogP contribution in [0.15, 0.2) is 103 Å². The first-order valence-electron chi connectivity index (χ1n) is 10.1. The first-order chi connectivity index (χ1) is 15.3. The SMILES string of the molecule is C[C@@H](/C=C/COC(=N)C(Cl)(Cl)Cl)OC(c1ccccc1)(c1ccccc1)c1ccccc1. The molecule has 0 spiro atoms. The van der Waals surface area contributed by atoms with Crippen LogP contribution in [-0.2, 0) is 15.1 Å². The van der Waals surface area contributed by atoms with E-state index >= 15 is 0 Å². The molecule has 1 atom stereocenters. The molecule has 3 rings (SSSR count). The van der Waals surface area contributed by atoms with Gasteiger partial charge in [0, 0.05) is 0 Å². The van der Waals surface area contributed by atoms with Gasteiger partial charge in [-0.1, -0.05) is 132 Å². The molecule has 0 unspecified atom stereocenters. The molecule has 0 amide bonds. The van der Waals surface area contributed by atoms with E-state index in [1.165, 1.54) is 0 Å². The number of rotatable bonds is 8. The van der Waals surface area contributed by atoms with Crippen LogP contribution in [0.1, 0.15) is 23.6 Å². The molecule has 0 radical (unpaired) electrons. The Kier molecular flexibility index (Phi) is 8.38. The second-order valence-electron chi connectivity index (χ2n) is 7.17. The smallest absolute Gasteiger partial charge is 0.265 e. The summed E-state index contributed by atoms with van der Waals surface area (Å²) in [6.07, 6.45) is 3.33. The van der Waals surface area contributed by atoms with Gasteiger partial charge in [0.2, 0.25) is 5.90 Å². The highest BCUT2D eigenvalue weighted by Gasteiger charge is 2.38. The molecule has 1 N–H and O–H groups in total. The Morgan fingerprint density at radius 3 is 1.59 bits per heavy atom. The van der Waals surface area contributed by atoms with Gasteiger partial charge in [-0.05, 0) is 29.7 Å². The van der Waals surface area contributed by atoms with E-state index in [0.29, 0.717) is 0 Å². The van der Waals surface area contributed by atoms with Gasteiger partial charge in [0.15, 0.2) is 0 Å². The first kappa shape index (κ1) is 24.3. The Bertz CT molecular complexity index is 923. The number of hydrogen-bond acceptors (Lipinski definition) is 3. The zero-order chi connectivity index (χ0) is 23.0. The van der Waals surface area contributed by atoms with Gasteiger partial charge >= 0.3 is 0 Å². The monoisotopic (exact) mass is 487 g/mol. The van der Waals surface area contributed by atoms with Crippen LogP contribution in [-0.4, -0.2) is 22.4 Å². The summed E-state index contributed by atoms with van der Waals surface area (Å²) in [5.74, 6) is -0.423. The molecule has 3 aromatic carbocycles. The minimum absolute atomic E-state index is 0.0927. The maximum Gasteiger partial charge on any atom is 0.265 e. The van der Waals surface area contributed by atoms with Gasteiger partial charge < -0.3 is 9.47 Å². The first-order valence-corrected chi connectivity index (χ1v) is 11.3. The zero-order valence-corrected chi connectivity index (χ0v) is 19.8. The average molecular weight is 489 g/mol. The van der Waals surface area contributed by atoms with E-state index in [0.717, 1.165) is 16.7 Å². The van der Waals surface area contributed by atoms with E-state index in [2.05, 4.69) is 36.4 Å². The average Bonchev–Trinajstić information content (AvgIpc) is 2.81. The molecular formula is C26H24Cl3NO2. The predicted octanol–water partition coefficient (Wildman–Crippen LogP) is 7.30. The third-order valence-corrected chi connectivity index (χ3v) is 5.41. The summed E-state index contributed by atoms with van der Waals surface area (Å²) in [6.45, 7) is 2.05. The fraction of sp³-hybridized carbons (Fsp3) is 0.192. The van der Waals surface area contributed by atoms with Crippen LogP contribution < -0.4 is 0 Å². The summed E-state index contributed by atoms with van der Waals surface area (Å²) in [4.78, 5) is 0. The maximum absolute atomic E-state index is 7.62. The lowest BCUT2D eigenvalue weighted by molar-refractivity contribution is -0.0160. The number of alkyl halides is 3. The Morgan fingerprint density at radius 1 is 0.812 bits per heavy atom. The molecule has 32 heavy (non-hydrogen) atoms. The van der Waals surface area contributed by atoms with E-state index < -0.39 is 15.3 Å². The molecule has 6 heteroatoms. The Morgan fingerprint density at radius 2 is 1.22 bits per heavy atom. The van der Waals surface area contributed by atoms with E-state index in [1.54, 1.807) is 6.08 Å². The van der Waals surface area contributed by atoms with Gasteiger partial charge in [0.1, 0.15) is 12.2 Å². The maximum atomic E-state index is 7.62. The van der Waals surface area contributed by atoms with E-state index in [1.807, 2.05) is 67.6 Å². The summed E-state index contributed by atoms with van der Waals surface area (Å²) in [6, 6.07) is 30.5. The standard InChI is InChI=1S/C26H24Cl3NO2/c1-20(12-11-19-31-24(30)26(27,28)29)32-25(21-13-5-2-6-14-21,22-15-7-3-8-16-22)23-17-9-4-10-18-23/h2-18,20,30H,19H2,1H3/b12-11+,30-24?/t20-/m0/s1. The Labute approximate surface area is 204 Å². The minimum Gasteiger partial charge on any atom is -0.474 e. The van der Waals surface area contributed by atoms with Crippen LogP contribution >= 0.6 is 34.8 Å². The fourth-order valence-corrected chi connectivity index (χ4v) is 3.66. The van der Waals surface area contributed by atoms with E-state index in [-0.39, 0.29) is 12.7 Å². The molecule has 166 valence electrons. The van der Waals surface area contributed by atoms with Crippen molar-refractivity contribution in [2.45, 2.75) is 22.4 Å². The molecular weight excluding hydrogens is 465 g/mol. The second-order valence-corrected chi connectivity index (χ2v) is 9.45. The van der Waals surface area contributed by atoms with Crippen molar-refractivity contribution >= 4 is 40.7 Å². The van der Waals surface area contributed by atoms with Gasteiger partial charge in [-0.3, -0.25) is 5.41 Å². The highest BCUT2D eigenvalue weighted by Crippen LogP contribution is 2.41. The zero-order valence-electron chi connectivity index (χ0n) is 17.5. The molecule has 0 fully saturated rings. The molecule has 0 aromatic heterocycles. The van der Waals surface area contributed by atoms with Crippen LogP contribution in [0.25, 0.3) is 0 Å². The van der Waals surface area contributed by atoms with E-state index in [9.17, 15) is 0 Å². The van der Waals surface area contributed by atoms with Gasteiger partial charge in [-0.15, -0.1) is 0 Å². The van der Waals surface area contributed by atoms with Crippen LogP contribution in [0.2, 0.25) is 0 Å². The molecule has 0 saturated carbocycles. The van der Waals surface area contributed by atoms with Crippen molar-refractivity contribution in [3.8, 4) is 0 Å².